The van der Waals surface area contributed by atoms with Gasteiger partial charge in [-0.1, -0.05) is 54.6 Å². The fraction of sp³-hybridized carbons (Fsp3) is 0.481. The van der Waals surface area contributed by atoms with Crippen LogP contribution >= 0.6 is 0 Å². The summed E-state index contributed by atoms with van der Waals surface area (Å²) in [6.45, 7) is 6.31. The minimum Gasteiger partial charge on any atom is -0.466 e. The molecular weight excluding hydrogens is 400 g/mol. The highest BCUT2D eigenvalue weighted by Gasteiger charge is 2.33. The summed E-state index contributed by atoms with van der Waals surface area (Å²) in [4.78, 5) is 29.5. The molecule has 0 bridgehead atoms. The Hall–Kier alpha value is -2.66. The van der Waals surface area contributed by atoms with Crippen molar-refractivity contribution in [2.24, 2.45) is 11.8 Å². The highest BCUT2D eigenvalue weighted by atomic mass is 16.5. The largest absolute Gasteiger partial charge is 0.466 e. The van der Waals surface area contributed by atoms with E-state index in [1.165, 1.54) is 16.7 Å². The molecule has 2 aliphatic rings. The molecule has 2 aromatic rings. The first-order valence-electron chi connectivity index (χ1n) is 12.0. The van der Waals surface area contributed by atoms with Gasteiger partial charge in [-0.15, -0.1) is 0 Å². The molecule has 2 fully saturated rings. The summed E-state index contributed by atoms with van der Waals surface area (Å²) in [6.07, 6.45) is 3.49. The van der Waals surface area contributed by atoms with E-state index in [1.807, 2.05) is 17.9 Å². The van der Waals surface area contributed by atoms with E-state index in [-0.39, 0.29) is 23.7 Å². The number of rotatable bonds is 6. The maximum absolute atomic E-state index is 13.1. The molecule has 4 rings (SSSR count). The van der Waals surface area contributed by atoms with Crippen molar-refractivity contribution < 1.29 is 14.3 Å². The number of ether oxygens (including phenoxy) is 1. The molecule has 0 radical (unpaired) electrons. The first-order valence-corrected chi connectivity index (χ1v) is 12.0. The minimum atomic E-state index is -0.161. The van der Waals surface area contributed by atoms with Gasteiger partial charge in [0.05, 0.1) is 12.5 Å². The van der Waals surface area contributed by atoms with Gasteiger partial charge in [0.15, 0.2) is 0 Å². The molecule has 170 valence electrons. The van der Waals surface area contributed by atoms with E-state index in [0.29, 0.717) is 13.2 Å². The Balaban J connectivity index is 1.26. The Labute approximate surface area is 191 Å². The van der Waals surface area contributed by atoms with Crippen LogP contribution in [0.1, 0.15) is 38.2 Å². The van der Waals surface area contributed by atoms with Crippen LogP contribution in [0.15, 0.2) is 54.6 Å². The Morgan fingerprint density at radius 3 is 2.25 bits per heavy atom. The first-order chi connectivity index (χ1) is 15.6. The number of carbonyl (C=O) groups is 2. The monoisotopic (exact) mass is 434 g/mol. The summed E-state index contributed by atoms with van der Waals surface area (Å²) in [7, 11) is 0. The zero-order chi connectivity index (χ0) is 22.3. The fourth-order valence-electron chi connectivity index (χ4n) is 4.92. The third kappa shape index (κ3) is 5.57. The van der Waals surface area contributed by atoms with Gasteiger partial charge in [-0.05, 0) is 62.4 Å². The maximum Gasteiger partial charge on any atom is 0.310 e. The second kappa shape index (κ2) is 10.8. The summed E-state index contributed by atoms with van der Waals surface area (Å²) >= 11 is 0. The molecule has 0 aromatic heterocycles. The molecule has 0 aliphatic carbocycles. The van der Waals surface area contributed by atoms with Crippen molar-refractivity contribution in [3.8, 4) is 11.1 Å². The van der Waals surface area contributed by atoms with Crippen molar-refractivity contribution in [3.05, 3.63) is 60.2 Å². The lowest BCUT2D eigenvalue weighted by Crippen LogP contribution is -2.47. The molecule has 5 nitrogen and oxygen atoms in total. The molecule has 2 aliphatic heterocycles. The molecule has 1 atom stereocenters. The molecule has 2 aromatic carbocycles. The van der Waals surface area contributed by atoms with Gasteiger partial charge in [0.2, 0.25) is 5.91 Å². The molecule has 0 spiro atoms. The number of likely N-dealkylation sites (tertiary alicyclic amines) is 2. The van der Waals surface area contributed by atoms with Crippen LogP contribution in [-0.2, 0) is 20.9 Å². The number of hydrogen-bond donors (Lipinski definition) is 0. The van der Waals surface area contributed by atoms with E-state index in [4.69, 9.17) is 4.74 Å². The van der Waals surface area contributed by atoms with E-state index in [1.54, 1.807) is 0 Å². The summed E-state index contributed by atoms with van der Waals surface area (Å²) < 4.78 is 5.17. The van der Waals surface area contributed by atoms with Gasteiger partial charge in [-0.25, -0.2) is 0 Å². The highest BCUT2D eigenvalue weighted by Crippen LogP contribution is 2.26. The Morgan fingerprint density at radius 2 is 1.56 bits per heavy atom. The van der Waals surface area contributed by atoms with Crippen molar-refractivity contribution in [1.82, 2.24) is 9.80 Å². The third-order valence-electron chi connectivity index (χ3n) is 6.76. The van der Waals surface area contributed by atoms with Gasteiger partial charge in [0, 0.05) is 25.6 Å². The van der Waals surface area contributed by atoms with E-state index in [0.717, 1.165) is 51.9 Å². The van der Waals surface area contributed by atoms with E-state index < -0.39 is 0 Å². The smallest absolute Gasteiger partial charge is 0.310 e. The third-order valence-corrected chi connectivity index (χ3v) is 6.76. The van der Waals surface area contributed by atoms with Crippen molar-refractivity contribution in [2.45, 2.75) is 39.2 Å². The lowest BCUT2D eigenvalue weighted by molar-refractivity contribution is -0.152. The molecule has 2 heterocycles. The van der Waals surface area contributed by atoms with Crippen LogP contribution in [0.2, 0.25) is 0 Å². The van der Waals surface area contributed by atoms with Crippen molar-refractivity contribution >= 4 is 11.9 Å². The molecule has 5 heteroatoms. The van der Waals surface area contributed by atoms with E-state index >= 15 is 0 Å². The molecular formula is C27H34N2O3. The lowest BCUT2D eigenvalue weighted by atomic mass is 9.92. The highest BCUT2D eigenvalue weighted by molar-refractivity contribution is 5.80. The molecule has 0 saturated carbocycles. The van der Waals surface area contributed by atoms with Crippen LogP contribution in [-0.4, -0.2) is 54.5 Å². The van der Waals surface area contributed by atoms with E-state index in [9.17, 15) is 9.59 Å². The summed E-state index contributed by atoms with van der Waals surface area (Å²) in [5.41, 5.74) is 3.78. The Kier molecular flexibility index (Phi) is 7.59. The van der Waals surface area contributed by atoms with Gasteiger partial charge >= 0.3 is 5.97 Å². The predicted molar refractivity (Wildman–Crippen MR) is 126 cm³/mol. The van der Waals surface area contributed by atoms with Crippen LogP contribution in [0.25, 0.3) is 11.1 Å². The van der Waals surface area contributed by atoms with Gasteiger partial charge < -0.3 is 9.64 Å². The zero-order valence-electron chi connectivity index (χ0n) is 19.0. The first kappa shape index (κ1) is 22.5. The summed E-state index contributed by atoms with van der Waals surface area (Å²) in [6, 6.07) is 19.2. The average Bonchev–Trinajstić information content (AvgIpc) is 2.85. The second-order valence-electron chi connectivity index (χ2n) is 8.99. The quantitative estimate of drug-likeness (QED) is 0.634. The van der Waals surface area contributed by atoms with Crippen LogP contribution in [0, 0.1) is 11.8 Å². The minimum absolute atomic E-state index is 0.0765. The SMILES string of the molecule is CCOC(=O)C1CCCN(C(=O)C2CCN(Cc3ccc(-c4ccccc4)cc3)CC2)C1. The number of piperidine rings is 2. The molecule has 32 heavy (non-hydrogen) atoms. The molecule has 0 N–H and O–H groups in total. The number of amides is 1. The van der Waals surface area contributed by atoms with Crippen LogP contribution in [0.5, 0.6) is 0 Å². The molecule has 2 saturated heterocycles. The number of hydrogen-bond acceptors (Lipinski definition) is 4. The van der Waals surface area contributed by atoms with Crippen LogP contribution in [0.4, 0.5) is 0 Å². The number of carbonyl (C=O) groups excluding carboxylic acids is 2. The number of esters is 1. The van der Waals surface area contributed by atoms with Gasteiger partial charge in [-0.3, -0.25) is 14.5 Å². The van der Waals surface area contributed by atoms with Gasteiger partial charge in [0.25, 0.3) is 0 Å². The summed E-state index contributed by atoms with van der Waals surface area (Å²) in [5, 5.41) is 0. The lowest BCUT2D eigenvalue weighted by Gasteiger charge is -2.37. The zero-order valence-corrected chi connectivity index (χ0v) is 19.0. The average molecular weight is 435 g/mol. The normalized spacial score (nSPS) is 20.2. The van der Waals surface area contributed by atoms with Crippen molar-refractivity contribution in [3.63, 3.8) is 0 Å². The number of benzene rings is 2. The maximum atomic E-state index is 13.1. The van der Waals surface area contributed by atoms with Crippen molar-refractivity contribution in [1.29, 1.82) is 0 Å². The van der Waals surface area contributed by atoms with Crippen LogP contribution in [0.3, 0.4) is 0 Å². The number of nitrogens with zero attached hydrogens (tertiary/aromatic N) is 2. The second-order valence-corrected chi connectivity index (χ2v) is 8.99. The van der Waals surface area contributed by atoms with Crippen LogP contribution < -0.4 is 0 Å². The van der Waals surface area contributed by atoms with Gasteiger partial charge in [-0.2, -0.15) is 0 Å². The van der Waals surface area contributed by atoms with Gasteiger partial charge in [0.1, 0.15) is 0 Å². The predicted octanol–water partition coefficient (Wildman–Crippen LogP) is 4.37. The van der Waals surface area contributed by atoms with E-state index in [2.05, 4.69) is 53.4 Å². The Morgan fingerprint density at radius 1 is 0.875 bits per heavy atom. The molecule has 1 unspecified atom stereocenters. The standard InChI is InChI=1S/C27H34N2O3/c1-2-32-27(31)25-9-6-16-29(20-25)26(30)24-14-17-28(18-15-24)19-21-10-12-23(13-11-21)22-7-4-3-5-8-22/h3-5,7-8,10-13,24-25H,2,6,9,14-20H2,1H3. The Bertz CT molecular complexity index is 889. The fourth-order valence-corrected chi connectivity index (χ4v) is 4.92. The molecule has 1 amide bonds. The summed E-state index contributed by atoms with van der Waals surface area (Å²) in [5.74, 6) is -0.0109. The topological polar surface area (TPSA) is 49.9 Å². The van der Waals surface area contributed by atoms with Crippen molar-refractivity contribution in [2.75, 3.05) is 32.8 Å².